The van der Waals surface area contributed by atoms with Gasteiger partial charge in [0.2, 0.25) is 5.91 Å². The van der Waals surface area contributed by atoms with E-state index in [0.717, 1.165) is 0 Å². The van der Waals surface area contributed by atoms with Gasteiger partial charge in [-0.1, -0.05) is 0 Å². The molecule has 0 aliphatic carbocycles. The summed E-state index contributed by atoms with van der Waals surface area (Å²) in [4.78, 5) is 44.1. The lowest BCUT2D eigenvalue weighted by molar-refractivity contribution is -0.192. The van der Waals surface area contributed by atoms with Crippen LogP contribution < -0.4 is 5.32 Å². The van der Waals surface area contributed by atoms with Crippen molar-refractivity contribution in [2.24, 2.45) is 5.92 Å². The quantitative estimate of drug-likeness (QED) is 0.496. The molecule has 0 bridgehead atoms. The molecule has 1 amide bonds. The lowest BCUT2D eigenvalue weighted by atomic mass is 9.79. The topological polar surface area (TPSA) is 144 Å². The van der Waals surface area contributed by atoms with Crippen LogP contribution in [-0.2, 0) is 19.2 Å². The molecule has 1 unspecified atom stereocenters. The second-order valence-corrected chi connectivity index (χ2v) is 5.58. The summed E-state index contributed by atoms with van der Waals surface area (Å²) in [6.45, 7) is 0.613. The molecule has 9 nitrogen and oxygen atoms in total. The molecule has 0 aromatic carbocycles. The van der Waals surface area contributed by atoms with Crippen LogP contribution in [0.4, 0.5) is 13.2 Å². The van der Waals surface area contributed by atoms with Crippen LogP contribution in [0, 0.1) is 5.92 Å². The summed E-state index contributed by atoms with van der Waals surface area (Å²) in [7, 11) is 0. The average Bonchev–Trinajstić information content (AvgIpc) is 2.79. The highest BCUT2D eigenvalue weighted by Crippen LogP contribution is 2.47. The van der Waals surface area contributed by atoms with Gasteiger partial charge in [0.1, 0.15) is 11.7 Å². The van der Waals surface area contributed by atoms with Crippen LogP contribution in [0.3, 0.4) is 0 Å². The zero-order valence-corrected chi connectivity index (χ0v) is 12.4. The Balaban J connectivity index is 0.000000277. The van der Waals surface area contributed by atoms with Crippen LogP contribution in [0.25, 0.3) is 0 Å². The fourth-order valence-corrected chi connectivity index (χ4v) is 3.28. The molecule has 12 heteroatoms. The molecule has 2 fully saturated rings. The molecule has 0 saturated carbocycles. The van der Waals surface area contributed by atoms with Crippen molar-refractivity contribution in [2.45, 2.75) is 31.1 Å². The van der Waals surface area contributed by atoms with Crippen LogP contribution in [0.2, 0.25) is 0 Å². The van der Waals surface area contributed by atoms with Gasteiger partial charge in [-0.2, -0.15) is 13.2 Å². The van der Waals surface area contributed by atoms with E-state index in [4.69, 9.17) is 15.0 Å². The molecule has 3 rings (SSSR count). The fraction of sp³-hybridized carbons (Fsp3) is 0.538. The van der Waals surface area contributed by atoms with Crippen LogP contribution in [0.15, 0.2) is 11.3 Å². The highest BCUT2D eigenvalue weighted by molar-refractivity contribution is 6.02. The Morgan fingerprint density at radius 2 is 1.76 bits per heavy atom. The molecule has 0 aromatic heterocycles. The van der Waals surface area contributed by atoms with E-state index in [9.17, 15) is 32.7 Å². The predicted molar refractivity (Wildman–Crippen MR) is 71.1 cm³/mol. The Bertz CT molecular complexity index is 673. The standard InChI is InChI=1S/C11H12N2O5.C2HF3O2/c14-6(15)3-5-4-1-2-12-7-8(4)13(10(7)16)9(5)11(17)18;3-2(4,5)1(6)7/h4,7-8,12H,1-3H2,(H,14,15)(H,17,18);(H,6,7)/t4?,7-,8+;/m0./s1. The number of aliphatic carboxylic acids is 3. The minimum Gasteiger partial charge on any atom is -0.481 e. The Kier molecular flexibility index (Phi) is 4.75. The molecule has 3 heterocycles. The highest BCUT2D eigenvalue weighted by atomic mass is 19.4. The maximum Gasteiger partial charge on any atom is 0.490 e. The molecule has 25 heavy (non-hydrogen) atoms. The molecular formula is C13H13F3N2O7. The van der Waals surface area contributed by atoms with Crippen LogP contribution in [-0.4, -0.2) is 68.8 Å². The van der Waals surface area contributed by atoms with Gasteiger partial charge in [0.15, 0.2) is 0 Å². The van der Waals surface area contributed by atoms with Crippen molar-refractivity contribution in [1.82, 2.24) is 10.2 Å². The first-order valence-corrected chi connectivity index (χ1v) is 7.01. The molecule has 138 valence electrons. The number of carbonyl (C=O) groups excluding carboxylic acids is 1. The van der Waals surface area contributed by atoms with E-state index < -0.39 is 24.1 Å². The number of piperidine rings is 1. The smallest absolute Gasteiger partial charge is 0.481 e. The monoisotopic (exact) mass is 366 g/mol. The van der Waals surface area contributed by atoms with E-state index >= 15 is 0 Å². The third-order valence-corrected chi connectivity index (χ3v) is 4.15. The molecule has 0 radical (unpaired) electrons. The van der Waals surface area contributed by atoms with Crippen LogP contribution in [0.1, 0.15) is 12.8 Å². The van der Waals surface area contributed by atoms with Crippen molar-refractivity contribution in [3.05, 3.63) is 11.3 Å². The molecule has 2 saturated heterocycles. The minimum absolute atomic E-state index is 0.114. The number of hydrogen-bond donors (Lipinski definition) is 4. The van der Waals surface area contributed by atoms with Gasteiger partial charge in [-0.05, 0) is 18.5 Å². The summed E-state index contributed by atoms with van der Waals surface area (Å²) in [5.41, 5.74) is 0.273. The first-order valence-electron chi connectivity index (χ1n) is 7.01. The highest BCUT2D eigenvalue weighted by Gasteiger charge is 2.61. The van der Waals surface area contributed by atoms with Crippen molar-refractivity contribution < 1.29 is 47.7 Å². The fourth-order valence-electron chi connectivity index (χ4n) is 3.28. The van der Waals surface area contributed by atoms with Gasteiger partial charge in [0, 0.05) is 5.92 Å². The summed E-state index contributed by atoms with van der Waals surface area (Å²) in [5, 5.41) is 28.2. The van der Waals surface area contributed by atoms with Crippen molar-refractivity contribution in [3.63, 3.8) is 0 Å². The van der Waals surface area contributed by atoms with Crippen molar-refractivity contribution in [2.75, 3.05) is 6.54 Å². The number of nitrogens with one attached hydrogen (secondary N) is 1. The van der Waals surface area contributed by atoms with Crippen LogP contribution >= 0.6 is 0 Å². The number of amides is 1. The van der Waals surface area contributed by atoms with E-state index in [-0.39, 0.29) is 36.0 Å². The van der Waals surface area contributed by atoms with Crippen molar-refractivity contribution >= 4 is 23.8 Å². The average molecular weight is 366 g/mol. The number of nitrogens with zero attached hydrogens (tertiary/aromatic N) is 1. The summed E-state index contributed by atoms with van der Waals surface area (Å²) < 4.78 is 31.7. The van der Waals surface area contributed by atoms with Gasteiger partial charge in [-0.3, -0.25) is 14.5 Å². The number of carboxylic acid groups (broad SMARTS) is 3. The molecule has 3 aliphatic rings. The number of rotatable bonds is 3. The molecule has 4 N–H and O–H groups in total. The summed E-state index contributed by atoms with van der Waals surface area (Å²) in [6, 6.07) is -0.545. The lowest BCUT2D eigenvalue weighted by Crippen LogP contribution is -2.71. The third-order valence-electron chi connectivity index (χ3n) is 4.15. The first kappa shape index (κ1) is 18.7. The van der Waals surface area contributed by atoms with Gasteiger partial charge < -0.3 is 20.6 Å². The second-order valence-electron chi connectivity index (χ2n) is 5.58. The Labute approximate surface area is 137 Å². The Morgan fingerprint density at radius 1 is 1.20 bits per heavy atom. The first-order chi connectivity index (χ1) is 11.5. The molecule has 3 aliphatic heterocycles. The number of alkyl halides is 3. The number of halogens is 3. The lowest BCUT2D eigenvalue weighted by Gasteiger charge is -2.48. The third kappa shape index (κ3) is 3.29. The number of hydrogen-bond acceptors (Lipinski definition) is 5. The van der Waals surface area contributed by atoms with Gasteiger partial charge in [0.05, 0.1) is 12.5 Å². The SMILES string of the molecule is O=C(O)C(F)(F)F.O=C(O)CC1=C(C(=O)O)N2C(=O)[C@H]3NCCC1[C@H]32. The normalized spacial score (nSPS) is 27.1. The van der Waals surface area contributed by atoms with E-state index in [1.54, 1.807) is 0 Å². The van der Waals surface area contributed by atoms with E-state index in [1.165, 1.54) is 4.90 Å². The van der Waals surface area contributed by atoms with E-state index in [2.05, 4.69) is 5.32 Å². The summed E-state index contributed by atoms with van der Waals surface area (Å²) >= 11 is 0. The second kappa shape index (κ2) is 6.35. The van der Waals surface area contributed by atoms with Gasteiger partial charge in [-0.25, -0.2) is 9.59 Å². The molecule has 0 aromatic rings. The predicted octanol–water partition coefficient (Wildman–Crippen LogP) is -0.364. The van der Waals surface area contributed by atoms with Gasteiger partial charge in [-0.15, -0.1) is 0 Å². The Hall–Kier alpha value is -2.63. The maximum atomic E-state index is 11.8. The van der Waals surface area contributed by atoms with Crippen LogP contribution in [0.5, 0.6) is 0 Å². The minimum atomic E-state index is -5.08. The Morgan fingerprint density at radius 3 is 2.20 bits per heavy atom. The number of carbonyl (C=O) groups is 4. The number of β-lactam (4-membered cyclic amide) rings is 1. The van der Waals surface area contributed by atoms with Gasteiger partial charge >= 0.3 is 24.1 Å². The molecule has 0 spiro atoms. The molecular weight excluding hydrogens is 353 g/mol. The van der Waals surface area contributed by atoms with E-state index in [1.807, 2.05) is 0 Å². The van der Waals surface area contributed by atoms with Crippen molar-refractivity contribution in [1.29, 1.82) is 0 Å². The largest absolute Gasteiger partial charge is 0.490 e. The summed E-state index contributed by atoms with van der Waals surface area (Å²) in [6.07, 6.45) is -4.72. The number of carboxylic acids is 3. The van der Waals surface area contributed by atoms with Crippen molar-refractivity contribution in [3.8, 4) is 0 Å². The van der Waals surface area contributed by atoms with Gasteiger partial charge in [0.25, 0.3) is 0 Å². The maximum absolute atomic E-state index is 11.8. The summed E-state index contributed by atoms with van der Waals surface area (Å²) in [5.74, 6) is -5.42. The molecule has 3 atom stereocenters. The van der Waals surface area contributed by atoms with E-state index in [0.29, 0.717) is 18.5 Å². The zero-order valence-electron chi connectivity index (χ0n) is 12.4. The zero-order chi connectivity index (χ0) is 19.1.